The molecule has 7 heteroatoms. The van der Waals surface area contributed by atoms with Crippen molar-refractivity contribution in [2.75, 3.05) is 39.3 Å². The molecule has 2 aliphatic heterocycles. The van der Waals surface area contributed by atoms with Crippen LogP contribution in [0.2, 0.25) is 0 Å². The van der Waals surface area contributed by atoms with E-state index in [4.69, 9.17) is 9.72 Å². The molecule has 0 radical (unpaired) electrons. The van der Waals surface area contributed by atoms with Crippen LogP contribution in [-0.2, 0) is 9.53 Å². The van der Waals surface area contributed by atoms with Crippen molar-refractivity contribution in [1.29, 1.82) is 0 Å². The summed E-state index contributed by atoms with van der Waals surface area (Å²) in [6.07, 6.45) is 0.225. The smallest absolute Gasteiger partial charge is 0.239 e. The van der Waals surface area contributed by atoms with Gasteiger partial charge in [0.05, 0.1) is 34.5 Å². The molecular formula is C22H32N4O2S. The van der Waals surface area contributed by atoms with Gasteiger partial charge in [0.25, 0.3) is 0 Å². The first-order valence-electron chi connectivity index (χ1n) is 10.7. The van der Waals surface area contributed by atoms with Gasteiger partial charge in [0.1, 0.15) is 5.01 Å². The second-order valence-corrected chi connectivity index (χ2v) is 9.51. The molecule has 2 saturated heterocycles. The largest absolute Gasteiger partial charge is 0.372 e. The van der Waals surface area contributed by atoms with Crippen LogP contribution in [-0.4, -0.2) is 83.1 Å². The highest BCUT2D eigenvalue weighted by molar-refractivity contribution is 7.18. The van der Waals surface area contributed by atoms with Gasteiger partial charge in [0.15, 0.2) is 0 Å². The average Bonchev–Trinajstić information content (AvgIpc) is 3.16. The SMILES string of the molecule is C[C@@H]1CN(C(=O)[C@H](C)N2CCN([C@H](C)c3nc4ccccc4s3)CC2)C[C@@H](C)O1. The number of piperazine rings is 1. The lowest BCUT2D eigenvalue weighted by Crippen LogP contribution is -2.57. The summed E-state index contributed by atoms with van der Waals surface area (Å²) in [5, 5.41) is 1.18. The second-order valence-electron chi connectivity index (χ2n) is 8.44. The molecule has 0 N–H and O–H groups in total. The molecule has 1 aromatic carbocycles. The van der Waals surface area contributed by atoms with Gasteiger partial charge in [-0.3, -0.25) is 14.6 Å². The molecule has 3 heterocycles. The van der Waals surface area contributed by atoms with Crippen LogP contribution in [0, 0.1) is 0 Å². The predicted octanol–water partition coefficient (Wildman–Crippen LogP) is 3.00. The third-order valence-corrected chi connectivity index (χ3v) is 7.41. The minimum Gasteiger partial charge on any atom is -0.372 e. The summed E-state index contributed by atoms with van der Waals surface area (Å²) in [6, 6.07) is 8.57. The number of hydrogen-bond donors (Lipinski definition) is 0. The number of benzene rings is 1. The van der Waals surface area contributed by atoms with Crippen molar-refractivity contribution in [2.45, 2.75) is 52.0 Å². The molecule has 1 aromatic heterocycles. The van der Waals surface area contributed by atoms with Gasteiger partial charge in [0, 0.05) is 39.3 Å². The third kappa shape index (κ3) is 4.48. The van der Waals surface area contributed by atoms with E-state index in [1.165, 1.54) is 9.71 Å². The highest BCUT2D eigenvalue weighted by Gasteiger charge is 2.33. The molecule has 4 rings (SSSR count). The number of ether oxygens (including phenoxy) is 1. The minimum absolute atomic E-state index is 0.0765. The maximum Gasteiger partial charge on any atom is 0.239 e. The summed E-state index contributed by atoms with van der Waals surface area (Å²) >= 11 is 1.79. The molecule has 0 bridgehead atoms. The molecule has 0 saturated carbocycles. The Bertz CT molecular complexity index is 805. The number of amides is 1. The van der Waals surface area contributed by atoms with Crippen LogP contribution < -0.4 is 0 Å². The van der Waals surface area contributed by atoms with E-state index in [2.05, 4.69) is 41.8 Å². The van der Waals surface area contributed by atoms with Crippen LogP contribution >= 0.6 is 11.3 Å². The number of carbonyl (C=O) groups is 1. The number of thiazole rings is 1. The predicted molar refractivity (Wildman–Crippen MR) is 117 cm³/mol. The average molecular weight is 417 g/mol. The molecule has 2 aromatic rings. The topological polar surface area (TPSA) is 48.9 Å². The summed E-state index contributed by atoms with van der Waals surface area (Å²) in [5.74, 6) is 0.236. The van der Waals surface area contributed by atoms with E-state index in [1.807, 2.05) is 24.8 Å². The fraction of sp³-hybridized carbons (Fsp3) is 0.636. The van der Waals surface area contributed by atoms with E-state index in [9.17, 15) is 4.79 Å². The van der Waals surface area contributed by atoms with Crippen LogP contribution in [0.3, 0.4) is 0 Å². The summed E-state index contributed by atoms with van der Waals surface area (Å²) in [5.41, 5.74) is 1.09. The van der Waals surface area contributed by atoms with E-state index in [-0.39, 0.29) is 24.2 Å². The number of carbonyl (C=O) groups excluding carboxylic acids is 1. The van der Waals surface area contributed by atoms with Crippen molar-refractivity contribution >= 4 is 27.5 Å². The molecule has 6 nitrogen and oxygen atoms in total. The Balaban J connectivity index is 1.34. The Morgan fingerprint density at radius 2 is 1.69 bits per heavy atom. The summed E-state index contributed by atoms with van der Waals surface area (Å²) in [4.78, 5) is 24.7. The Labute approximate surface area is 177 Å². The van der Waals surface area contributed by atoms with Crippen molar-refractivity contribution in [3.8, 4) is 0 Å². The van der Waals surface area contributed by atoms with Crippen molar-refractivity contribution in [3.63, 3.8) is 0 Å². The minimum atomic E-state index is -0.0765. The first kappa shape index (κ1) is 20.7. The first-order chi connectivity index (χ1) is 13.9. The second kappa shape index (κ2) is 8.68. The Hall–Kier alpha value is -1.54. The summed E-state index contributed by atoms with van der Waals surface area (Å²) in [7, 11) is 0. The van der Waals surface area contributed by atoms with Gasteiger partial charge in [-0.2, -0.15) is 0 Å². The van der Waals surface area contributed by atoms with E-state index < -0.39 is 0 Å². The Kier molecular flexibility index (Phi) is 6.20. The zero-order valence-corrected chi connectivity index (χ0v) is 18.7. The zero-order chi connectivity index (χ0) is 20.5. The summed E-state index contributed by atoms with van der Waals surface area (Å²) in [6.45, 7) is 13.5. The first-order valence-corrected chi connectivity index (χ1v) is 11.5. The van der Waals surface area contributed by atoms with Crippen LogP contribution in [0.25, 0.3) is 10.2 Å². The lowest BCUT2D eigenvalue weighted by molar-refractivity contribution is -0.149. The van der Waals surface area contributed by atoms with Gasteiger partial charge in [-0.15, -0.1) is 11.3 Å². The molecular weight excluding hydrogens is 384 g/mol. The van der Waals surface area contributed by atoms with Gasteiger partial charge < -0.3 is 9.64 Å². The lowest BCUT2D eigenvalue weighted by atomic mass is 10.1. The maximum atomic E-state index is 13.0. The number of nitrogens with zero attached hydrogens (tertiary/aromatic N) is 4. The molecule has 0 unspecified atom stereocenters. The van der Waals surface area contributed by atoms with E-state index in [0.717, 1.165) is 31.7 Å². The molecule has 0 aliphatic carbocycles. The molecule has 2 fully saturated rings. The molecule has 1 amide bonds. The molecule has 158 valence electrons. The number of fused-ring (bicyclic) bond motifs is 1. The quantitative estimate of drug-likeness (QED) is 0.767. The monoisotopic (exact) mass is 416 g/mol. The van der Waals surface area contributed by atoms with Crippen LogP contribution in [0.5, 0.6) is 0 Å². The van der Waals surface area contributed by atoms with Crippen LogP contribution in [0.1, 0.15) is 38.7 Å². The number of aromatic nitrogens is 1. The highest BCUT2D eigenvalue weighted by atomic mass is 32.1. The molecule has 0 spiro atoms. The van der Waals surface area contributed by atoms with Crippen LogP contribution in [0.4, 0.5) is 0 Å². The van der Waals surface area contributed by atoms with Gasteiger partial charge in [0.2, 0.25) is 5.91 Å². The van der Waals surface area contributed by atoms with E-state index in [1.54, 1.807) is 11.3 Å². The zero-order valence-electron chi connectivity index (χ0n) is 17.9. The summed E-state index contributed by atoms with van der Waals surface area (Å²) < 4.78 is 7.03. The van der Waals surface area contributed by atoms with Gasteiger partial charge >= 0.3 is 0 Å². The van der Waals surface area contributed by atoms with Gasteiger partial charge in [-0.1, -0.05) is 12.1 Å². The molecule has 4 atom stereocenters. The highest BCUT2D eigenvalue weighted by Crippen LogP contribution is 2.30. The number of morpholine rings is 1. The standard InChI is InChI=1S/C22H32N4O2S/c1-15-13-26(14-16(2)28-15)22(27)18(4)25-11-9-24(10-12-25)17(3)21-23-19-7-5-6-8-20(19)29-21/h5-8,15-18H,9-14H2,1-4H3/t15-,16-,17-,18+/m1/s1. The van der Waals surface area contributed by atoms with E-state index >= 15 is 0 Å². The lowest BCUT2D eigenvalue weighted by Gasteiger charge is -2.42. The van der Waals surface area contributed by atoms with Crippen molar-refractivity contribution in [2.24, 2.45) is 0 Å². The van der Waals surface area contributed by atoms with Crippen molar-refractivity contribution < 1.29 is 9.53 Å². The van der Waals surface area contributed by atoms with Gasteiger partial charge in [-0.05, 0) is 39.8 Å². The molecule has 29 heavy (non-hydrogen) atoms. The van der Waals surface area contributed by atoms with Crippen LogP contribution in [0.15, 0.2) is 24.3 Å². The fourth-order valence-electron chi connectivity index (χ4n) is 4.52. The molecule has 2 aliphatic rings. The van der Waals surface area contributed by atoms with Gasteiger partial charge in [-0.25, -0.2) is 4.98 Å². The number of hydrogen-bond acceptors (Lipinski definition) is 6. The Morgan fingerprint density at radius 3 is 2.34 bits per heavy atom. The Morgan fingerprint density at radius 1 is 1.07 bits per heavy atom. The van der Waals surface area contributed by atoms with Crippen molar-refractivity contribution in [1.82, 2.24) is 19.7 Å². The third-order valence-electron chi connectivity index (χ3n) is 6.20. The fourth-order valence-corrected chi connectivity index (χ4v) is 5.57. The number of para-hydroxylation sites is 1. The van der Waals surface area contributed by atoms with E-state index in [0.29, 0.717) is 19.1 Å². The van der Waals surface area contributed by atoms with Crippen molar-refractivity contribution in [3.05, 3.63) is 29.3 Å². The maximum absolute atomic E-state index is 13.0. The normalized spacial score (nSPS) is 26.6. The number of rotatable bonds is 4.